The molecule has 0 aliphatic carbocycles. The predicted octanol–water partition coefficient (Wildman–Crippen LogP) is 3.46. The van der Waals surface area contributed by atoms with Crippen molar-refractivity contribution < 1.29 is 9.90 Å². The van der Waals surface area contributed by atoms with E-state index in [0.717, 1.165) is 0 Å². The van der Waals surface area contributed by atoms with Crippen LogP contribution in [-0.2, 0) is 0 Å². The van der Waals surface area contributed by atoms with E-state index in [9.17, 15) is 9.90 Å². The van der Waals surface area contributed by atoms with E-state index in [4.69, 9.17) is 11.6 Å². The maximum absolute atomic E-state index is 11.9. The van der Waals surface area contributed by atoms with Crippen LogP contribution in [0.25, 0.3) is 0 Å². The van der Waals surface area contributed by atoms with Gasteiger partial charge in [0.2, 0.25) is 0 Å². The summed E-state index contributed by atoms with van der Waals surface area (Å²) in [5, 5.41) is 12.1. The number of hydrogen-bond donors (Lipinski definition) is 2. The van der Waals surface area contributed by atoms with Gasteiger partial charge >= 0.3 is 0 Å². The highest BCUT2D eigenvalue weighted by atomic mass is 79.9. The van der Waals surface area contributed by atoms with Gasteiger partial charge in [-0.2, -0.15) is 0 Å². The van der Waals surface area contributed by atoms with Gasteiger partial charge in [-0.15, -0.1) is 0 Å². The van der Waals surface area contributed by atoms with E-state index in [1.54, 1.807) is 18.2 Å². The Morgan fingerprint density at radius 3 is 2.78 bits per heavy atom. The van der Waals surface area contributed by atoms with Gasteiger partial charge in [-0.25, -0.2) is 4.98 Å². The molecule has 4 nitrogen and oxygen atoms in total. The summed E-state index contributed by atoms with van der Waals surface area (Å²) in [6.07, 6.45) is 1.53. The van der Waals surface area contributed by atoms with Crippen molar-refractivity contribution in [2.45, 2.75) is 0 Å². The Morgan fingerprint density at radius 1 is 1.33 bits per heavy atom. The Labute approximate surface area is 117 Å². The molecule has 0 saturated carbocycles. The van der Waals surface area contributed by atoms with E-state index in [-0.39, 0.29) is 16.7 Å². The number of carbonyl (C=O) groups excluding carboxylic acids is 1. The van der Waals surface area contributed by atoms with Crippen LogP contribution in [0.15, 0.2) is 41.1 Å². The van der Waals surface area contributed by atoms with Crippen molar-refractivity contribution in [3.63, 3.8) is 0 Å². The minimum atomic E-state index is -0.278. The van der Waals surface area contributed by atoms with Crippen LogP contribution in [0.2, 0.25) is 5.02 Å². The molecule has 2 rings (SSSR count). The second kappa shape index (κ2) is 5.37. The molecule has 1 heterocycles. The highest BCUT2D eigenvalue weighted by Gasteiger charge is 2.08. The van der Waals surface area contributed by atoms with Gasteiger partial charge in [0.1, 0.15) is 10.4 Å². The van der Waals surface area contributed by atoms with Gasteiger partial charge in [0.05, 0.1) is 5.02 Å². The number of pyridine rings is 1. The zero-order valence-corrected chi connectivity index (χ0v) is 11.4. The zero-order chi connectivity index (χ0) is 13.1. The third kappa shape index (κ3) is 3.00. The van der Waals surface area contributed by atoms with E-state index in [1.165, 1.54) is 18.3 Å². The predicted molar refractivity (Wildman–Crippen MR) is 73.0 cm³/mol. The van der Waals surface area contributed by atoms with E-state index in [0.29, 0.717) is 15.9 Å². The Morgan fingerprint density at radius 2 is 2.11 bits per heavy atom. The lowest BCUT2D eigenvalue weighted by Gasteiger charge is -2.06. The first-order chi connectivity index (χ1) is 8.56. The van der Waals surface area contributed by atoms with Crippen LogP contribution in [0.1, 0.15) is 10.4 Å². The van der Waals surface area contributed by atoms with Gasteiger partial charge in [0.25, 0.3) is 5.91 Å². The minimum Gasteiger partial charge on any atom is -0.506 e. The van der Waals surface area contributed by atoms with Gasteiger partial charge in [0, 0.05) is 17.4 Å². The van der Waals surface area contributed by atoms with E-state index < -0.39 is 0 Å². The number of rotatable bonds is 2. The van der Waals surface area contributed by atoms with Crippen LogP contribution >= 0.6 is 27.5 Å². The van der Waals surface area contributed by atoms with E-state index in [2.05, 4.69) is 26.2 Å². The summed E-state index contributed by atoms with van der Waals surface area (Å²) in [6.45, 7) is 0. The summed E-state index contributed by atoms with van der Waals surface area (Å²) < 4.78 is 0.582. The molecule has 0 saturated heterocycles. The molecule has 0 aliphatic rings. The average molecular weight is 328 g/mol. The van der Waals surface area contributed by atoms with Gasteiger partial charge < -0.3 is 10.4 Å². The SMILES string of the molecule is O=C(Nc1ccc(O)c(Cl)c1)c1ccnc(Br)c1. The Kier molecular flexibility index (Phi) is 3.84. The van der Waals surface area contributed by atoms with Crippen molar-refractivity contribution in [1.29, 1.82) is 0 Å². The molecule has 0 spiro atoms. The van der Waals surface area contributed by atoms with Crippen LogP contribution < -0.4 is 5.32 Å². The lowest BCUT2D eigenvalue weighted by atomic mass is 10.2. The summed E-state index contributed by atoms with van der Waals surface area (Å²) >= 11 is 8.94. The molecule has 0 fully saturated rings. The molecular formula is C12H8BrClN2O2. The van der Waals surface area contributed by atoms with Crippen LogP contribution in [-0.4, -0.2) is 16.0 Å². The van der Waals surface area contributed by atoms with Gasteiger partial charge in [-0.3, -0.25) is 4.79 Å². The number of phenolic OH excluding ortho intramolecular Hbond substituents is 1. The molecule has 0 bridgehead atoms. The molecule has 0 unspecified atom stereocenters. The number of anilines is 1. The van der Waals surface area contributed by atoms with Crippen molar-refractivity contribution in [1.82, 2.24) is 4.98 Å². The molecule has 1 aromatic heterocycles. The van der Waals surface area contributed by atoms with Crippen molar-refractivity contribution in [2.75, 3.05) is 5.32 Å². The molecule has 2 N–H and O–H groups in total. The standard InChI is InChI=1S/C12H8BrClN2O2/c13-11-5-7(3-4-15-11)12(18)16-8-1-2-10(17)9(14)6-8/h1-6,17H,(H,16,18). The molecular weight excluding hydrogens is 320 g/mol. The Bertz CT molecular complexity index is 604. The van der Waals surface area contributed by atoms with Gasteiger partial charge in [0.15, 0.2) is 0 Å². The van der Waals surface area contributed by atoms with Crippen LogP contribution in [0.4, 0.5) is 5.69 Å². The van der Waals surface area contributed by atoms with Gasteiger partial charge in [-0.05, 0) is 46.3 Å². The number of hydrogen-bond acceptors (Lipinski definition) is 3. The fraction of sp³-hybridized carbons (Fsp3) is 0. The summed E-state index contributed by atoms with van der Waals surface area (Å²) in [5.41, 5.74) is 0.983. The van der Waals surface area contributed by atoms with E-state index in [1.807, 2.05) is 0 Å². The largest absolute Gasteiger partial charge is 0.506 e. The summed E-state index contributed by atoms with van der Waals surface area (Å²) in [7, 11) is 0. The summed E-state index contributed by atoms with van der Waals surface area (Å²) in [6, 6.07) is 7.67. The molecule has 1 aromatic carbocycles. The van der Waals surface area contributed by atoms with Gasteiger partial charge in [-0.1, -0.05) is 11.6 Å². The second-order valence-electron chi connectivity index (χ2n) is 3.49. The molecule has 0 radical (unpaired) electrons. The number of halogens is 2. The average Bonchev–Trinajstić information content (AvgIpc) is 2.34. The quantitative estimate of drug-likeness (QED) is 0.656. The van der Waals surface area contributed by atoms with Crippen LogP contribution in [0.3, 0.4) is 0 Å². The normalized spacial score (nSPS) is 10.1. The minimum absolute atomic E-state index is 0.0266. The first-order valence-corrected chi connectivity index (χ1v) is 6.15. The fourth-order valence-electron chi connectivity index (χ4n) is 1.33. The Hall–Kier alpha value is -1.59. The number of benzene rings is 1. The molecule has 0 aliphatic heterocycles. The number of aromatic hydroxyl groups is 1. The molecule has 6 heteroatoms. The van der Waals surface area contributed by atoms with Crippen molar-refractivity contribution in [3.8, 4) is 5.75 Å². The topological polar surface area (TPSA) is 62.2 Å². The molecule has 0 atom stereocenters. The van der Waals surface area contributed by atoms with Crippen molar-refractivity contribution in [3.05, 3.63) is 51.7 Å². The molecule has 92 valence electrons. The third-order valence-electron chi connectivity index (χ3n) is 2.19. The summed E-state index contributed by atoms with van der Waals surface area (Å²) in [4.78, 5) is 15.8. The number of aromatic nitrogens is 1. The third-order valence-corrected chi connectivity index (χ3v) is 2.93. The number of nitrogens with zero attached hydrogens (tertiary/aromatic N) is 1. The monoisotopic (exact) mass is 326 g/mol. The maximum atomic E-state index is 11.9. The number of amides is 1. The zero-order valence-electron chi connectivity index (χ0n) is 9.02. The first-order valence-electron chi connectivity index (χ1n) is 4.97. The van der Waals surface area contributed by atoms with Crippen molar-refractivity contribution >= 4 is 39.1 Å². The fourth-order valence-corrected chi connectivity index (χ4v) is 1.88. The lowest BCUT2D eigenvalue weighted by Crippen LogP contribution is -2.11. The maximum Gasteiger partial charge on any atom is 0.255 e. The second-order valence-corrected chi connectivity index (χ2v) is 4.71. The molecule has 1 amide bonds. The number of phenols is 1. The van der Waals surface area contributed by atoms with Crippen molar-refractivity contribution in [2.24, 2.45) is 0 Å². The first kappa shape index (κ1) is 12.9. The molecule has 2 aromatic rings. The van der Waals surface area contributed by atoms with E-state index >= 15 is 0 Å². The number of carbonyl (C=O) groups is 1. The van der Waals surface area contributed by atoms with Crippen LogP contribution in [0.5, 0.6) is 5.75 Å². The molecule has 18 heavy (non-hydrogen) atoms. The lowest BCUT2D eigenvalue weighted by molar-refractivity contribution is 0.102. The Balaban J connectivity index is 2.18. The number of nitrogens with one attached hydrogen (secondary N) is 1. The smallest absolute Gasteiger partial charge is 0.255 e. The summed E-state index contributed by atoms with van der Waals surface area (Å²) in [5.74, 6) is -0.304. The highest BCUT2D eigenvalue weighted by Crippen LogP contribution is 2.26. The van der Waals surface area contributed by atoms with Crippen LogP contribution in [0, 0.1) is 0 Å². The highest BCUT2D eigenvalue weighted by molar-refractivity contribution is 9.10.